The molecule has 0 atom stereocenters. The van der Waals surface area contributed by atoms with Crippen LogP contribution in [0.5, 0.6) is 0 Å². The minimum absolute atomic E-state index is 0.00125. The smallest absolute Gasteiger partial charge is 0.281 e. The Morgan fingerprint density at radius 3 is 2.47 bits per heavy atom. The van der Waals surface area contributed by atoms with E-state index < -0.39 is 0 Å². The van der Waals surface area contributed by atoms with Gasteiger partial charge in [0.2, 0.25) is 0 Å². The maximum absolute atomic E-state index is 11.7. The standard InChI is InChI=1S/C11H11BrN2O/c1-13-8-10(12)11(15)14(13)7-9-5-3-2-4-6-9/h2-6,8H,7H2,1H3. The van der Waals surface area contributed by atoms with Gasteiger partial charge in [0, 0.05) is 13.2 Å². The summed E-state index contributed by atoms with van der Waals surface area (Å²) in [5.41, 5.74) is 1.12. The Morgan fingerprint density at radius 1 is 1.27 bits per heavy atom. The molecule has 2 rings (SSSR count). The van der Waals surface area contributed by atoms with Gasteiger partial charge in [0.1, 0.15) is 4.47 Å². The van der Waals surface area contributed by atoms with Crippen LogP contribution in [0.25, 0.3) is 0 Å². The molecule has 0 aliphatic rings. The van der Waals surface area contributed by atoms with Crippen LogP contribution in [0.1, 0.15) is 5.56 Å². The molecule has 0 spiro atoms. The Hall–Kier alpha value is -1.29. The molecule has 78 valence electrons. The fourth-order valence-electron chi connectivity index (χ4n) is 1.50. The Kier molecular flexibility index (Phi) is 2.77. The Morgan fingerprint density at radius 2 is 1.93 bits per heavy atom. The molecule has 0 aliphatic carbocycles. The van der Waals surface area contributed by atoms with E-state index in [-0.39, 0.29) is 5.56 Å². The molecule has 0 amide bonds. The second-order valence-electron chi connectivity index (χ2n) is 3.40. The van der Waals surface area contributed by atoms with Crippen molar-refractivity contribution in [2.45, 2.75) is 6.54 Å². The van der Waals surface area contributed by atoms with Gasteiger partial charge in [0.05, 0.1) is 6.54 Å². The number of aryl methyl sites for hydroxylation is 1. The number of halogens is 1. The highest BCUT2D eigenvalue weighted by Gasteiger charge is 2.06. The van der Waals surface area contributed by atoms with Gasteiger partial charge in [-0.2, -0.15) is 0 Å². The van der Waals surface area contributed by atoms with Crippen molar-refractivity contribution in [1.29, 1.82) is 0 Å². The fourth-order valence-corrected chi connectivity index (χ4v) is 2.00. The average Bonchev–Trinajstić information content (AvgIpc) is 2.47. The summed E-state index contributed by atoms with van der Waals surface area (Å²) in [6.07, 6.45) is 1.77. The number of aromatic nitrogens is 2. The molecule has 0 aliphatic heterocycles. The van der Waals surface area contributed by atoms with Crippen molar-refractivity contribution >= 4 is 15.9 Å². The predicted octanol–water partition coefficient (Wildman–Crippen LogP) is 2.00. The quantitative estimate of drug-likeness (QED) is 0.817. The van der Waals surface area contributed by atoms with E-state index in [1.807, 2.05) is 37.4 Å². The van der Waals surface area contributed by atoms with E-state index >= 15 is 0 Å². The number of hydrogen-bond donors (Lipinski definition) is 0. The largest absolute Gasteiger partial charge is 0.291 e. The molecular weight excluding hydrogens is 256 g/mol. The number of nitrogens with zero attached hydrogens (tertiary/aromatic N) is 2. The van der Waals surface area contributed by atoms with Crippen LogP contribution >= 0.6 is 15.9 Å². The van der Waals surface area contributed by atoms with Gasteiger partial charge < -0.3 is 0 Å². The molecule has 0 saturated carbocycles. The molecule has 0 bridgehead atoms. The van der Waals surface area contributed by atoms with E-state index in [1.54, 1.807) is 15.6 Å². The topological polar surface area (TPSA) is 26.9 Å². The lowest BCUT2D eigenvalue weighted by Gasteiger charge is -2.06. The first-order valence-corrected chi connectivity index (χ1v) is 5.43. The normalized spacial score (nSPS) is 10.5. The summed E-state index contributed by atoms with van der Waals surface area (Å²) < 4.78 is 4.07. The van der Waals surface area contributed by atoms with E-state index in [1.165, 1.54) is 0 Å². The first-order chi connectivity index (χ1) is 7.18. The molecule has 4 heteroatoms. The van der Waals surface area contributed by atoms with Gasteiger partial charge in [-0.15, -0.1) is 0 Å². The summed E-state index contributed by atoms with van der Waals surface area (Å²) >= 11 is 3.23. The molecule has 0 radical (unpaired) electrons. The average molecular weight is 267 g/mol. The summed E-state index contributed by atoms with van der Waals surface area (Å²) in [5.74, 6) is 0. The number of rotatable bonds is 2. The van der Waals surface area contributed by atoms with Crippen molar-refractivity contribution < 1.29 is 0 Å². The molecule has 1 aromatic heterocycles. The maximum Gasteiger partial charge on any atom is 0.281 e. The zero-order valence-electron chi connectivity index (χ0n) is 8.35. The van der Waals surface area contributed by atoms with E-state index in [2.05, 4.69) is 15.9 Å². The van der Waals surface area contributed by atoms with E-state index in [9.17, 15) is 4.79 Å². The lowest BCUT2D eigenvalue weighted by molar-refractivity contribution is 0.535. The molecular formula is C11H11BrN2O. The zero-order valence-corrected chi connectivity index (χ0v) is 9.94. The van der Waals surface area contributed by atoms with Crippen LogP contribution in [0.4, 0.5) is 0 Å². The highest BCUT2D eigenvalue weighted by molar-refractivity contribution is 9.10. The van der Waals surface area contributed by atoms with Crippen LogP contribution in [-0.2, 0) is 13.6 Å². The zero-order chi connectivity index (χ0) is 10.8. The molecule has 1 aromatic carbocycles. The lowest BCUT2D eigenvalue weighted by Crippen LogP contribution is -2.22. The maximum atomic E-state index is 11.7. The molecule has 0 saturated heterocycles. The highest BCUT2D eigenvalue weighted by Crippen LogP contribution is 2.05. The van der Waals surface area contributed by atoms with Crippen molar-refractivity contribution in [2.24, 2.45) is 7.05 Å². The van der Waals surface area contributed by atoms with E-state index in [4.69, 9.17) is 0 Å². The van der Waals surface area contributed by atoms with E-state index in [0.29, 0.717) is 11.0 Å². The third-order valence-corrected chi connectivity index (χ3v) is 2.84. The molecule has 0 fully saturated rings. The van der Waals surface area contributed by atoms with Crippen LogP contribution in [0, 0.1) is 0 Å². The van der Waals surface area contributed by atoms with Crippen molar-refractivity contribution in [3.8, 4) is 0 Å². The minimum atomic E-state index is 0.00125. The molecule has 1 heterocycles. The summed E-state index contributed by atoms with van der Waals surface area (Å²) in [7, 11) is 1.86. The van der Waals surface area contributed by atoms with Crippen molar-refractivity contribution in [1.82, 2.24) is 9.36 Å². The molecule has 0 unspecified atom stereocenters. The van der Waals surface area contributed by atoms with Gasteiger partial charge in [-0.25, -0.2) is 4.68 Å². The highest BCUT2D eigenvalue weighted by atomic mass is 79.9. The third kappa shape index (κ3) is 2.04. The molecule has 2 aromatic rings. The monoisotopic (exact) mass is 266 g/mol. The van der Waals surface area contributed by atoms with Gasteiger partial charge in [-0.3, -0.25) is 9.48 Å². The third-order valence-electron chi connectivity index (χ3n) is 2.29. The summed E-state index contributed by atoms with van der Waals surface area (Å²) in [5, 5.41) is 0. The van der Waals surface area contributed by atoms with Crippen LogP contribution < -0.4 is 5.56 Å². The number of hydrogen-bond acceptors (Lipinski definition) is 1. The van der Waals surface area contributed by atoms with Gasteiger partial charge in [-0.1, -0.05) is 30.3 Å². The molecule has 15 heavy (non-hydrogen) atoms. The van der Waals surface area contributed by atoms with Crippen molar-refractivity contribution in [3.63, 3.8) is 0 Å². The first-order valence-electron chi connectivity index (χ1n) is 4.64. The first kappa shape index (κ1) is 10.2. The lowest BCUT2D eigenvalue weighted by atomic mass is 10.2. The SMILES string of the molecule is Cn1cc(Br)c(=O)n1Cc1ccccc1. The summed E-state index contributed by atoms with van der Waals surface area (Å²) in [6, 6.07) is 9.92. The second-order valence-corrected chi connectivity index (χ2v) is 4.25. The van der Waals surface area contributed by atoms with Crippen LogP contribution in [0.3, 0.4) is 0 Å². The van der Waals surface area contributed by atoms with Crippen molar-refractivity contribution in [2.75, 3.05) is 0 Å². The minimum Gasteiger partial charge on any atom is -0.291 e. The van der Waals surface area contributed by atoms with Gasteiger partial charge >= 0.3 is 0 Å². The van der Waals surface area contributed by atoms with Crippen LogP contribution in [-0.4, -0.2) is 9.36 Å². The Labute approximate surface area is 96.1 Å². The van der Waals surface area contributed by atoms with Crippen LogP contribution in [0.15, 0.2) is 45.8 Å². The molecule has 3 nitrogen and oxygen atoms in total. The van der Waals surface area contributed by atoms with Crippen molar-refractivity contribution in [3.05, 3.63) is 56.9 Å². The molecule has 0 N–H and O–H groups in total. The Bertz CT molecular complexity index is 513. The van der Waals surface area contributed by atoms with Gasteiger partial charge in [0.15, 0.2) is 0 Å². The van der Waals surface area contributed by atoms with Gasteiger partial charge in [0.25, 0.3) is 5.56 Å². The second kappa shape index (κ2) is 4.06. The Balaban J connectivity index is 2.37. The van der Waals surface area contributed by atoms with Crippen LogP contribution in [0.2, 0.25) is 0 Å². The van der Waals surface area contributed by atoms with Gasteiger partial charge in [-0.05, 0) is 21.5 Å². The summed E-state index contributed by atoms with van der Waals surface area (Å²) in [4.78, 5) is 11.7. The summed E-state index contributed by atoms with van der Waals surface area (Å²) in [6.45, 7) is 0.599. The van der Waals surface area contributed by atoms with E-state index in [0.717, 1.165) is 5.56 Å². The fraction of sp³-hybridized carbons (Fsp3) is 0.182. The predicted molar refractivity (Wildman–Crippen MR) is 62.9 cm³/mol. The number of benzene rings is 1.